The van der Waals surface area contributed by atoms with E-state index in [0.29, 0.717) is 0 Å². The van der Waals surface area contributed by atoms with E-state index in [-0.39, 0.29) is 0 Å². The van der Waals surface area contributed by atoms with Crippen LogP contribution in [0.5, 0.6) is 0 Å². The summed E-state index contributed by atoms with van der Waals surface area (Å²) < 4.78 is 2.05. The van der Waals surface area contributed by atoms with E-state index in [9.17, 15) is 0 Å². The second kappa shape index (κ2) is 5.57. The normalized spacial score (nSPS) is 12.8. The number of nitrogens with zero attached hydrogens (tertiary/aromatic N) is 2. The number of rotatable bonds is 3. The van der Waals surface area contributed by atoms with Crippen LogP contribution < -0.4 is 0 Å². The van der Waals surface area contributed by atoms with E-state index in [1.54, 1.807) is 0 Å². The monoisotopic (exact) mass is 181 g/mol. The molecule has 0 aliphatic rings. The van der Waals surface area contributed by atoms with Gasteiger partial charge in [-0.1, -0.05) is 0 Å². The van der Waals surface area contributed by atoms with Gasteiger partial charge in [0.1, 0.15) is 14.1 Å². The molecule has 0 fully saturated rings. The van der Waals surface area contributed by atoms with Crippen LogP contribution >= 0.6 is 0 Å². The van der Waals surface area contributed by atoms with Crippen LogP contribution in [0.2, 0.25) is 0 Å². The van der Waals surface area contributed by atoms with Crippen molar-refractivity contribution in [3.8, 4) is 0 Å². The molecule has 2 nitrogen and oxygen atoms in total. The van der Waals surface area contributed by atoms with Gasteiger partial charge < -0.3 is 4.90 Å². The molecule has 74 valence electrons. The molecule has 0 saturated heterocycles. The van der Waals surface area contributed by atoms with Gasteiger partial charge in [0.25, 0.3) is 0 Å². The summed E-state index contributed by atoms with van der Waals surface area (Å²) in [6, 6.07) is 0. The SMILES string of the molecule is C/C(C=[N+](C)C)=C\C(C)=C\N(C)C. The van der Waals surface area contributed by atoms with Crippen molar-refractivity contribution in [2.75, 3.05) is 28.2 Å². The van der Waals surface area contributed by atoms with Crippen LogP contribution in [-0.4, -0.2) is 43.9 Å². The second-order valence-electron chi connectivity index (χ2n) is 3.82. The molecule has 0 aromatic carbocycles. The molecule has 0 aliphatic carbocycles. The minimum Gasteiger partial charge on any atom is -0.383 e. The lowest BCUT2D eigenvalue weighted by atomic mass is 10.2. The Hall–Kier alpha value is -1.05. The molecule has 0 bridgehead atoms. The largest absolute Gasteiger partial charge is 0.383 e. The van der Waals surface area contributed by atoms with Crippen molar-refractivity contribution in [2.24, 2.45) is 0 Å². The van der Waals surface area contributed by atoms with Crippen LogP contribution in [0, 0.1) is 0 Å². The molecule has 0 spiro atoms. The molecular formula is C11H21N2+. The lowest BCUT2D eigenvalue weighted by Gasteiger charge is -2.05. The molecule has 0 aliphatic heterocycles. The zero-order chi connectivity index (χ0) is 10.4. The molecule has 0 atom stereocenters. The van der Waals surface area contributed by atoms with E-state index < -0.39 is 0 Å². The summed E-state index contributed by atoms with van der Waals surface area (Å²) in [5, 5.41) is 0. The fourth-order valence-electron chi connectivity index (χ4n) is 1.25. The maximum atomic E-state index is 2.17. The van der Waals surface area contributed by atoms with Crippen molar-refractivity contribution < 1.29 is 4.58 Å². The summed E-state index contributed by atoms with van der Waals surface area (Å²) in [5.74, 6) is 0. The van der Waals surface area contributed by atoms with Gasteiger partial charge in [0.15, 0.2) is 6.21 Å². The molecular weight excluding hydrogens is 160 g/mol. The summed E-state index contributed by atoms with van der Waals surface area (Å²) in [7, 11) is 8.12. The first-order valence-corrected chi connectivity index (χ1v) is 4.46. The van der Waals surface area contributed by atoms with Gasteiger partial charge in [-0.05, 0) is 25.5 Å². The summed E-state index contributed by atoms with van der Waals surface area (Å²) in [5.41, 5.74) is 2.53. The standard InChI is InChI=1S/C11H21N2/c1-10(8-12(3)4)7-11(2)9-13(5)6/h7-9H,1-6H3/q+1. The zero-order valence-corrected chi connectivity index (χ0v) is 9.63. The van der Waals surface area contributed by atoms with Gasteiger partial charge in [-0.2, -0.15) is 0 Å². The van der Waals surface area contributed by atoms with E-state index in [0.717, 1.165) is 0 Å². The molecule has 0 aromatic heterocycles. The van der Waals surface area contributed by atoms with Crippen LogP contribution in [0.3, 0.4) is 0 Å². The first-order chi connectivity index (χ1) is 5.91. The highest BCUT2D eigenvalue weighted by molar-refractivity contribution is 5.74. The van der Waals surface area contributed by atoms with Gasteiger partial charge in [0.05, 0.1) is 0 Å². The third-order valence-corrected chi connectivity index (χ3v) is 1.38. The third-order valence-electron chi connectivity index (χ3n) is 1.38. The maximum Gasteiger partial charge on any atom is 0.165 e. The topological polar surface area (TPSA) is 6.25 Å². The Labute approximate surface area is 81.9 Å². The van der Waals surface area contributed by atoms with Gasteiger partial charge in [0.2, 0.25) is 0 Å². The molecule has 2 heteroatoms. The maximum absolute atomic E-state index is 2.17. The first-order valence-electron chi connectivity index (χ1n) is 4.46. The van der Waals surface area contributed by atoms with E-state index in [1.165, 1.54) is 11.1 Å². The minimum absolute atomic E-state index is 1.26. The van der Waals surface area contributed by atoms with Gasteiger partial charge in [0, 0.05) is 25.9 Å². The van der Waals surface area contributed by atoms with E-state index in [4.69, 9.17) is 0 Å². The Kier molecular flexibility index (Phi) is 5.12. The summed E-state index contributed by atoms with van der Waals surface area (Å²) in [6.07, 6.45) is 6.38. The second-order valence-corrected chi connectivity index (χ2v) is 3.82. The summed E-state index contributed by atoms with van der Waals surface area (Å²) >= 11 is 0. The predicted octanol–water partition coefficient (Wildman–Crippen LogP) is 1.74. The summed E-state index contributed by atoms with van der Waals surface area (Å²) in [6.45, 7) is 4.21. The molecule has 0 aromatic rings. The van der Waals surface area contributed by atoms with E-state index in [2.05, 4.69) is 41.8 Å². The van der Waals surface area contributed by atoms with E-state index >= 15 is 0 Å². The Morgan fingerprint density at radius 1 is 1.08 bits per heavy atom. The fourth-order valence-corrected chi connectivity index (χ4v) is 1.25. The lowest BCUT2D eigenvalue weighted by molar-refractivity contribution is -0.459. The fraction of sp³-hybridized carbons (Fsp3) is 0.545. The Bertz CT molecular complexity index is 241. The molecule has 0 unspecified atom stereocenters. The van der Waals surface area contributed by atoms with Crippen molar-refractivity contribution in [1.82, 2.24) is 4.90 Å². The molecule has 0 amide bonds. The molecule has 0 N–H and O–H groups in total. The average molecular weight is 181 g/mol. The zero-order valence-electron chi connectivity index (χ0n) is 9.63. The van der Waals surface area contributed by atoms with Crippen molar-refractivity contribution >= 4 is 6.21 Å². The molecule has 0 rings (SSSR count). The van der Waals surface area contributed by atoms with Gasteiger partial charge in [-0.3, -0.25) is 0 Å². The van der Waals surface area contributed by atoms with Crippen LogP contribution in [0.25, 0.3) is 0 Å². The summed E-state index contributed by atoms with van der Waals surface area (Å²) in [4.78, 5) is 2.05. The van der Waals surface area contributed by atoms with Crippen LogP contribution in [0.4, 0.5) is 0 Å². The molecule has 13 heavy (non-hydrogen) atoms. The Morgan fingerprint density at radius 2 is 1.62 bits per heavy atom. The van der Waals surface area contributed by atoms with Gasteiger partial charge in [-0.25, -0.2) is 4.58 Å². The minimum atomic E-state index is 1.26. The lowest BCUT2D eigenvalue weighted by Crippen LogP contribution is -2.02. The van der Waals surface area contributed by atoms with Gasteiger partial charge in [-0.15, -0.1) is 0 Å². The Morgan fingerprint density at radius 3 is 2.00 bits per heavy atom. The molecule has 0 saturated carbocycles. The van der Waals surface area contributed by atoms with Crippen molar-refractivity contribution in [3.63, 3.8) is 0 Å². The van der Waals surface area contributed by atoms with Gasteiger partial charge >= 0.3 is 0 Å². The smallest absolute Gasteiger partial charge is 0.165 e. The van der Waals surface area contributed by atoms with E-state index in [1.807, 2.05) is 28.2 Å². The number of hydrogen-bond donors (Lipinski definition) is 0. The highest BCUT2D eigenvalue weighted by Crippen LogP contribution is 2.00. The van der Waals surface area contributed by atoms with Crippen molar-refractivity contribution in [3.05, 3.63) is 23.4 Å². The number of hydrogen-bond acceptors (Lipinski definition) is 1. The molecule has 0 heterocycles. The van der Waals surface area contributed by atoms with Crippen molar-refractivity contribution in [1.29, 1.82) is 0 Å². The highest BCUT2D eigenvalue weighted by Gasteiger charge is 1.91. The first kappa shape index (κ1) is 11.9. The number of allylic oxidation sites excluding steroid dienone is 3. The highest BCUT2D eigenvalue weighted by atomic mass is 15.0. The molecule has 0 radical (unpaired) electrons. The Balaban J connectivity index is 4.48. The van der Waals surface area contributed by atoms with Crippen LogP contribution in [-0.2, 0) is 0 Å². The quantitative estimate of drug-likeness (QED) is 0.365. The third kappa shape index (κ3) is 7.32. The average Bonchev–Trinajstić information content (AvgIpc) is 1.80. The van der Waals surface area contributed by atoms with Crippen LogP contribution in [0.15, 0.2) is 23.4 Å². The van der Waals surface area contributed by atoms with Crippen LogP contribution in [0.1, 0.15) is 13.8 Å². The van der Waals surface area contributed by atoms with Crippen molar-refractivity contribution in [2.45, 2.75) is 13.8 Å². The predicted molar refractivity (Wildman–Crippen MR) is 59.4 cm³/mol.